The number of ether oxygens (including phenoxy) is 2. The van der Waals surface area contributed by atoms with Crippen LogP contribution >= 0.6 is 12.4 Å². The smallest absolute Gasteiger partial charge is 0.246 e. The summed E-state index contributed by atoms with van der Waals surface area (Å²) in [5, 5.41) is 2.61. The standard InChI is InChI=1S/C16H25N3O5S.ClH/c1-23-11-13(17)16(20)18-12-6-7-14(24-2)15(10-12)25(21,22)19-8-4-3-5-9-19;/h6-7,10,13H,3-5,8-9,11,17H2,1-2H3,(H,18,20);1H. The summed E-state index contributed by atoms with van der Waals surface area (Å²) in [6.07, 6.45) is 2.70. The van der Waals surface area contributed by atoms with Gasteiger partial charge in [-0.15, -0.1) is 12.4 Å². The average molecular weight is 408 g/mol. The van der Waals surface area contributed by atoms with Crippen LogP contribution in [0.5, 0.6) is 5.75 Å². The van der Waals surface area contributed by atoms with E-state index < -0.39 is 22.0 Å². The zero-order valence-corrected chi connectivity index (χ0v) is 16.6. The van der Waals surface area contributed by atoms with Crippen molar-refractivity contribution in [1.82, 2.24) is 4.31 Å². The lowest BCUT2D eigenvalue weighted by Gasteiger charge is -2.26. The quantitative estimate of drug-likeness (QED) is 0.702. The SMILES string of the molecule is COCC(N)C(=O)Nc1ccc(OC)c(S(=O)(=O)N2CCCCC2)c1.Cl. The molecule has 1 fully saturated rings. The van der Waals surface area contributed by atoms with Crippen molar-refractivity contribution in [3.05, 3.63) is 18.2 Å². The highest BCUT2D eigenvalue weighted by atomic mass is 35.5. The van der Waals surface area contributed by atoms with E-state index in [4.69, 9.17) is 15.2 Å². The van der Waals surface area contributed by atoms with Crippen LogP contribution in [0.4, 0.5) is 5.69 Å². The van der Waals surface area contributed by atoms with Gasteiger partial charge in [-0.1, -0.05) is 6.42 Å². The molecule has 0 aliphatic carbocycles. The number of nitrogens with zero attached hydrogens (tertiary/aromatic N) is 1. The fourth-order valence-electron chi connectivity index (χ4n) is 2.69. The molecule has 8 nitrogen and oxygen atoms in total. The number of methoxy groups -OCH3 is 2. The number of nitrogens with one attached hydrogen (secondary N) is 1. The van der Waals surface area contributed by atoms with Gasteiger partial charge >= 0.3 is 0 Å². The molecular weight excluding hydrogens is 382 g/mol. The monoisotopic (exact) mass is 407 g/mol. The van der Waals surface area contributed by atoms with E-state index in [0.29, 0.717) is 18.8 Å². The number of anilines is 1. The first kappa shape index (κ1) is 22.7. The van der Waals surface area contributed by atoms with Gasteiger partial charge in [0.25, 0.3) is 0 Å². The normalized spacial score (nSPS) is 16.4. The lowest BCUT2D eigenvalue weighted by atomic mass is 10.2. The molecule has 2 rings (SSSR count). The van der Waals surface area contributed by atoms with E-state index in [2.05, 4.69) is 5.32 Å². The maximum absolute atomic E-state index is 12.9. The van der Waals surface area contributed by atoms with Crippen LogP contribution in [-0.2, 0) is 19.6 Å². The van der Waals surface area contributed by atoms with Gasteiger partial charge < -0.3 is 20.5 Å². The summed E-state index contributed by atoms with van der Waals surface area (Å²) in [6, 6.07) is 3.66. The molecule has 0 bridgehead atoms. The van der Waals surface area contributed by atoms with Crippen molar-refractivity contribution in [1.29, 1.82) is 0 Å². The Morgan fingerprint density at radius 1 is 1.27 bits per heavy atom. The van der Waals surface area contributed by atoms with E-state index in [-0.39, 0.29) is 29.7 Å². The Labute approximate surface area is 160 Å². The molecule has 1 aromatic carbocycles. The van der Waals surface area contributed by atoms with Crippen molar-refractivity contribution in [3.8, 4) is 5.75 Å². The second-order valence-corrected chi connectivity index (χ2v) is 7.79. The fourth-order valence-corrected chi connectivity index (χ4v) is 4.39. The molecule has 1 heterocycles. The van der Waals surface area contributed by atoms with Crippen molar-refractivity contribution in [3.63, 3.8) is 0 Å². The number of benzene rings is 1. The number of hydrogen-bond acceptors (Lipinski definition) is 6. The van der Waals surface area contributed by atoms with Gasteiger partial charge in [-0.3, -0.25) is 4.79 Å². The van der Waals surface area contributed by atoms with Gasteiger partial charge in [0, 0.05) is 25.9 Å². The van der Waals surface area contributed by atoms with Crippen molar-refractivity contribution >= 4 is 34.0 Å². The largest absolute Gasteiger partial charge is 0.495 e. The minimum absolute atomic E-state index is 0. The van der Waals surface area contributed by atoms with E-state index in [9.17, 15) is 13.2 Å². The molecule has 0 saturated carbocycles. The van der Waals surface area contributed by atoms with Crippen molar-refractivity contribution in [2.45, 2.75) is 30.2 Å². The van der Waals surface area contributed by atoms with Gasteiger partial charge in [0.1, 0.15) is 16.7 Å². The highest BCUT2D eigenvalue weighted by molar-refractivity contribution is 7.89. The average Bonchev–Trinajstić information content (AvgIpc) is 2.62. The topological polar surface area (TPSA) is 111 Å². The maximum atomic E-state index is 12.9. The third-order valence-electron chi connectivity index (χ3n) is 4.05. The van der Waals surface area contributed by atoms with Gasteiger partial charge in [0.15, 0.2) is 0 Å². The molecule has 3 N–H and O–H groups in total. The lowest BCUT2D eigenvalue weighted by Crippen LogP contribution is -2.39. The highest BCUT2D eigenvalue weighted by Gasteiger charge is 2.29. The minimum Gasteiger partial charge on any atom is -0.495 e. The Morgan fingerprint density at radius 2 is 1.92 bits per heavy atom. The predicted octanol–water partition coefficient (Wildman–Crippen LogP) is 1.20. The molecule has 1 aromatic rings. The van der Waals surface area contributed by atoms with Gasteiger partial charge in [0.05, 0.1) is 13.7 Å². The summed E-state index contributed by atoms with van der Waals surface area (Å²) in [6.45, 7) is 1.04. The zero-order chi connectivity index (χ0) is 18.4. The molecule has 1 aliphatic heterocycles. The first-order valence-electron chi connectivity index (χ1n) is 8.13. The van der Waals surface area contributed by atoms with Crippen LogP contribution in [-0.4, -0.2) is 58.6 Å². The molecular formula is C16H26ClN3O5S. The molecule has 0 spiro atoms. The number of carbonyl (C=O) groups excluding carboxylic acids is 1. The van der Waals surface area contributed by atoms with Crippen molar-refractivity contribution < 1.29 is 22.7 Å². The van der Waals surface area contributed by atoms with Crippen LogP contribution in [0, 0.1) is 0 Å². The molecule has 0 aromatic heterocycles. The number of carbonyl (C=O) groups is 1. The van der Waals surface area contributed by atoms with Crippen LogP contribution in [0.1, 0.15) is 19.3 Å². The number of hydrogen-bond donors (Lipinski definition) is 2. The Kier molecular flexibility index (Phi) is 8.78. The van der Waals surface area contributed by atoms with Gasteiger partial charge in [-0.2, -0.15) is 4.31 Å². The Hall–Kier alpha value is -1.39. The molecule has 148 valence electrons. The number of sulfonamides is 1. The molecule has 1 saturated heterocycles. The minimum atomic E-state index is -3.69. The summed E-state index contributed by atoms with van der Waals surface area (Å²) < 4.78 is 37.4. The van der Waals surface area contributed by atoms with Crippen LogP contribution in [0.2, 0.25) is 0 Å². The molecule has 1 amide bonds. The Balaban J connectivity index is 0.00000338. The van der Waals surface area contributed by atoms with E-state index in [1.165, 1.54) is 30.7 Å². The summed E-state index contributed by atoms with van der Waals surface area (Å²) in [4.78, 5) is 12.0. The Morgan fingerprint density at radius 3 is 2.50 bits per heavy atom. The van der Waals surface area contributed by atoms with Crippen molar-refractivity contribution in [2.75, 3.05) is 39.2 Å². The number of amides is 1. The van der Waals surface area contributed by atoms with Crippen LogP contribution in [0.3, 0.4) is 0 Å². The summed E-state index contributed by atoms with van der Waals surface area (Å²) in [5.41, 5.74) is 6.02. The summed E-state index contributed by atoms with van der Waals surface area (Å²) >= 11 is 0. The van der Waals surface area contributed by atoms with Gasteiger partial charge in [-0.05, 0) is 31.0 Å². The first-order chi connectivity index (χ1) is 11.9. The fraction of sp³-hybridized carbons (Fsp3) is 0.562. The summed E-state index contributed by atoms with van der Waals surface area (Å²) in [5.74, 6) is -0.210. The van der Waals surface area contributed by atoms with Crippen LogP contribution in [0.15, 0.2) is 23.1 Å². The van der Waals surface area contributed by atoms with Crippen molar-refractivity contribution in [2.24, 2.45) is 5.73 Å². The third kappa shape index (κ3) is 5.31. The van der Waals surface area contributed by atoms with E-state index in [1.807, 2.05) is 0 Å². The number of nitrogens with two attached hydrogens (primary N) is 1. The maximum Gasteiger partial charge on any atom is 0.246 e. The van der Waals surface area contributed by atoms with E-state index in [1.54, 1.807) is 6.07 Å². The predicted molar refractivity (Wildman–Crippen MR) is 101 cm³/mol. The van der Waals surface area contributed by atoms with Gasteiger partial charge in [0.2, 0.25) is 15.9 Å². The molecule has 10 heteroatoms. The second-order valence-electron chi connectivity index (χ2n) is 5.88. The van der Waals surface area contributed by atoms with E-state index >= 15 is 0 Å². The van der Waals surface area contributed by atoms with Gasteiger partial charge in [-0.25, -0.2) is 8.42 Å². The van der Waals surface area contributed by atoms with Crippen LogP contribution < -0.4 is 15.8 Å². The summed E-state index contributed by atoms with van der Waals surface area (Å²) in [7, 11) is -0.830. The molecule has 1 atom stereocenters. The second kappa shape index (κ2) is 10.1. The number of rotatable bonds is 7. The number of halogens is 1. The lowest BCUT2D eigenvalue weighted by molar-refractivity contribution is -0.118. The van der Waals surface area contributed by atoms with E-state index in [0.717, 1.165) is 19.3 Å². The molecule has 26 heavy (non-hydrogen) atoms. The first-order valence-corrected chi connectivity index (χ1v) is 9.57. The third-order valence-corrected chi connectivity index (χ3v) is 5.97. The Bertz CT molecular complexity index is 708. The zero-order valence-electron chi connectivity index (χ0n) is 14.9. The molecule has 1 aliphatic rings. The highest BCUT2D eigenvalue weighted by Crippen LogP contribution is 2.31. The van der Waals surface area contributed by atoms with Crippen LogP contribution in [0.25, 0.3) is 0 Å². The molecule has 1 unspecified atom stereocenters. The molecule has 0 radical (unpaired) electrons. The number of piperidine rings is 1.